The van der Waals surface area contributed by atoms with Crippen LogP contribution in [0.4, 0.5) is 14.5 Å². The summed E-state index contributed by atoms with van der Waals surface area (Å²) in [6, 6.07) is 1.95. The topological polar surface area (TPSA) is 20.5 Å². The van der Waals surface area contributed by atoms with Crippen LogP contribution >= 0.6 is 15.9 Å². The summed E-state index contributed by atoms with van der Waals surface area (Å²) < 4.78 is 29.4. The molecule has 0 saturated carbocycles. The van der Waals surface area contributed by atoms with Gasteiger partial charge in [-0.25, -0.2) is 13.8 Å². The van der Waals surface area contributed by atoms with E-state index in [0.717, 1.165) is 21.5 Å². The highest BCUT2D eigenvalue weighted by atomic mass is 79.9. The van der Waals surface area contributed by atoms with E-state index in [4.69, 9.17) is 0 Å². The first kappa shape index (κ1) is 12.8. The highest BCUT2D eigenvalue weighted by Gasteiger charge is 2.34. The molecule has 0 atom stereocenters. The van der Waals surface area contributed by atoms with E-state index in [-0.39, 0.29) is 12.8 Å². The van der Waals surface area contributed by atoms with E-state index in [1.54, 1.807) is 6.20 Å². The first-order valence-corrected chi connectivity index (χ1v) is 7.02. The van der Waals surface area contributed by atoms with Gasteiger partial charge in [-0.2, -0.15) is 0 Å². The third-order valence-electron chi connectivity index (χ3n) is 3.57. The van der Waals surface area contributed by atoms with Crippen LogP contribution in [0.1, 0.15) is 18.5 Å². The van der Waals surface area contributed by atoms with Crippen LogP contribution in [0, 0.1) is 6.92 Å². The first-order chi connectivity index (χ1) is 8.96. The number of aryl methyl sites for hydroxylation is 1. The molecule has 19 heavy (non-hydrogen) atoms. The molecule has 1 aliphatic rings. The van der Waals surface area contributed by atoms with Crippen molar-refractivity contribution in [2.75, 3.05) is 18.0 Å². The highest BCUT2D eigenvalue weighted by Crippen LogP contribution is 2.33. The van der Waals surface area contributed by atoms with Gasteiger partial charge in [-0.3, -0.25) is 0 Å². The summed E-state index contributed by atoms with van der Waals surface area (Å²) in [4.78, 5) is 6.37. The van der Waals surface area contributed by atoms with E-state index in [2.05, 4.69) is 20.9 Å². The minimum absolute atomic E-state index is 0.0919. The Morgan fingerprint density at radius 1 is 1.32 bits per heavy atom. The molecule has 1 fully saturated rings. The van der Waals surface area contributed by atoms with Gasteiger partial charge >= 0.3 is 0 Å². The SMILES string of the molecule is Cc1cnc2c(N3CCC(F)(F)CC3)cc(Br)cn12. The Morgan fingerprint density at radius 2 is 2.00 bits per heavy atom. The predicted octanol–water partition coefficient (Wildman–Crippen LogP) is 3.64. The molecule has 0 bridgehead atoms. The van der Waals surface area contributed by atoms with Gasteiger partial charge in [0.1, 0.15) is 0 Å². The van der Waals surface area contributed by atoms with Crippen molar-refractivity contribution in [2.45, 2.75) is 25.7 Å². The molecule has 0 aliphatic carbocycles. The maximum absolute atomic E-state index is 13.2. The van der Waals surface area contributed by atoms with Gasteiger partial charge in [0, 0.05) is 48.5 Å². The van der Waals surface area contributed by atoms with Crippen LogP contribution in [0.2, 0.25) is 0 Å². The standard InChI is InChI=1S/C13H14BrF2N3/c1-9-7-17-12-11(6-10(14)8-19(9)12)18-4-2-13(15,16)3-5-18/h6-8H,2-5H2,1H3. The summed E-state index contributed by atoms with van der Waals surface area (Å²) in [5.41, 5.74) is 2.77. The van der Waals surface area contributed by atoms with E-state index in [1.807, 2.05) is 28.5 Å². The third kappa shape index (κ3) is 2.33. The maximum atomic E-state index is 13.2. The highest BCUT2D eigenvalue weighted by molar-refractivity contribution is 9.10. The van der Waals surface area contributed by atoms with Gasteiger partial charge < -0.3 is 9.30 Å². The average molecular weight is 330 g/mol. The van der Waals surface area contributed by atoms with Crippen molar-refractivity contribution in [1.29, 1.82) is 0 Å². The molecular formula is C13H14BrF2N3. The molecule has 2 aromatic heterocycles. The second-order valence-corrected chi connectivity index (χ2v) is 5.90. The van der Waals surface area contributed by atoms with Crippen molar-refractivity contribution in [1.82, 2.24) is 9.38 Å². The minimum Gasteiger partial charge on any atom is -0.368 e. The lowest BCUT2D eigenvalue weighted by Crippen LogP contribution is -2.39. The van der Waals surface area contributed by atoms with Gasteiger partial charge in [0.2, 0.25) is 0 Å². The number of nitrogens with zero attached hydrogens (tertiary/aromatic N) is 3. The number of alkyl halides is 2. The lowest BCUT2D eigenvalue weighted by molar-refractivity contribution is -0.0220. The van der Waals surface area contributed by atoms with Crippen LogP contribution in [0.3, 0.4) is 0 Å². The van der Waals surface area contributed by atoms with Gasteiger partial charge in [0.15, 0.2) is 5.65 Å². The van der Waals surface area contributed by atoms with Crippen molar-refractivity contribution in [3.8, 4) is 0 Å². The fourth-order valence-electron chi connectivity index (χ4n) is 2.46. The van der Waals surface area contributed by atoms with Gasteiger partial charge in [-0.05, 0) is 28.9 Å². The van der Waals surface area contributed by atoms with E-state index >= 15 is 0 Å². The number of hydrogen-bond acceptors (Lipinski definition) is 2. The van der Waals surface area contributed by atoms with Crippen LogP contribution < -0.4 is 4.90 Å². The Balaban J connectivity index is 2.01. The average Bonchev–Trinajstić information content (AvgIpc) is 2.71. The number of anilines is 1. The van der Waals surface area contributed by atoms with Crippen LogP contribution in [0.15, 0.2) is 22.9 Å². The van der Waals surface area contributed by atoms with Gasteiger partial charge in [0.25, 0.3) is 5.92 Å². The first-order valence-electron chi connectivity index (χ1n) is 6.22. The maximum Gasteiger partial charge on any atom is 0.251 e. The Hall–Kier alpha value is -1.17. The summed E-state index contributed by atoms with van der Waals surface area (Å²) in [6.07, 6.45) is 3.56. The van der Waals surface area contributed by atoms with Crippen LogP contribution in [-0.2, 0) is 0 Å². The number of hydrogen-bond donors (Lipinski definition) is 0. The number of pyridine rings is 1. The summed E-state index contributed by atoms with van der Waals surface area (Å²) in [6.45, 7) is 2.70. The van der Waals surface area contributed by atoms with Crippen molar-refractivity contribution in [2.24, 2.45) is 0 Å². The lowest BCUT2D eigenvalue weighted by Gasteiger charge is -2.33. The number of halogens is 3. The fraction of sp³-hybridized carbons (Fsp3) is 0.462. The lowest BCUT2D eigenvalue weighted by atomic mass is 10.1. The molecule has 0 amide bonds. The van der Waals surface area contributed by atoms with Crippen molar-refractivity contribution in [3.05, 3.63) is 28.6 Å². The summed E-state index contributed by atoms with van der Waals surface area (Å²) >= 11 is 3.47. The zero-order chi connectivity index (χ0) is 13.6. The molecule has 0 radical (unpaired) electrons. The number of aromatic nitrogens is 2. The van der Waals surface area contributed by atoms with Gasteiger partial charge in [0.05, 0.1) is 5.69 Å². The monoisotopic (exact) mass is 329 g/mol. The Bertz CT molecular complexity index is 614. The molecular weight excluding hydrogens is 316 g/mol. The minimum atomic E-state index is -2.52. The zero-order valence-corrected chi connectivity index (χ0v) is 12.1. The third-order valence-corrected chi connectivity index (χ3v) is 4.01. The van der Waals surface area contributed by atoms with Gasteiger partial charge in [-0.15, -0.1) is 0 Å². The Kier molecular flexibility index (Phi) is 3.00. The number of rotatable bonds is 1. The number of imidazole rings is 1. The van der Waals surface area contributed by atoms with Crippen molar-refractivity contribution < 1.29 is 8.78 Å². The summed E-state index contributed by atoms with van der Waals surface area (Å²) in [5.74, 6) is -2.52. The number of piperidine rings is 1. The molecule has 3 rings (SSSR count). The molecule has 1 aliphatic heterocycles. The van der Waals surface area contributed by atoms with Crippen molar-refractivity contribution in [3.63, 3.8) is 0 Å². The molecule has 0 N–H and O–H groups in total. The van der Waals surface area contributed by atoms with E-state index in [9.17, 15) is 8.78 Å². The van der Waals surface area contributed by atoms with Crippen LogP contribution in [-0.4, -0.2) is 28.4 Å². The molecule has 2 aromatic rings. The Labute approximate surface area is 118 Å². The molecule has 0 spiro atoms. The summed E-state index contributed by atoms with van der Waals surface area (Å²) in [7, 11) is 0. The zero-order valence-electron chi connectivity index (χ0n) is 10.5. The van der Waals surface area contributed by atoms with E-state index < -0.39 is 5.92 Å². The van der Waals surface area contributed by atoms with Gasteiger partial charge in [-0.1, -0.05) is 0 Å². The second kappa shape index (κ2) is 4.44. The van der Waals surface area contributed by atoms with E-state index in [1.165, 1.54) is 0 Å². The predicted molar refractivity (Wildman–Crippen MR) is 74.0 cm³/mol. The number of fused-ring (bicyclic) bond motifs is 1. The van der Waals surface area contributed by atoms with E-state index in [0.29, 0.717) is 13.1 Å². The molecule has 3 heterocycles. The Morgan fingerprint density at radius 3 is 2.68 bits per heavy atom. The van der Waals surface area contributed by atoms with Crippen LogP contribution in [0.25, 0.3) is 5.65 Å². The summed E-state index contributed by atoms with van der Waals surface area (Å²) in [5, 5.41) is 0. The molecule has 102 valence electrons. The molecule has 1 saturated heterocycles. The van der Waals surface area contributed by atoms with Crippen LogP contribution in [0.5, 0.6) is 0 Å². The second-order valence-electron chi connectivity index (χ2n) is 4.98. The smallest absolute Gasteiger partial charge is 0.251 e. The molecule has 0 aromatic carbocycles. The molecule has 3 nitrogen and oxygen atoms in total. The fourth-order valence-corrected chi connectivity index (χ4v) is 2.88. The largest absolute Gasteiger partial charge is 0.368 e. The molecule has 6 heteroatoms. The van der Waals surface area contributed by atoms with Crippen molar-refractivity contribution >= 4 is 27.3 Å². The molecule has 0 unspecified atom stereocenters. The normalized spacial score (nSPS) is 19.1. The quantitative estimate of drug-likeness (QED) is 0.796.